The molecule has 2 aliphatic rings. The third kappa shape index (κ3) is 3.78. The van der Waals surface area contributed by atoms with Gasteiger partial charge in [0, 0.05) is 33.1 Å². The minimum absolute atomic E-state index is 0.174. The van der Waals surface area contributed by atoms with E-state index in [1.807, 2.05) is 0 Å². The minimum atomic E-state index is -0.174. The molecule has 7 aromatic rings. The fourth-order valence-electron chi connectivity index (χ4n) is 8.46. The number of benzene rings is 7. The van der Waals surface area contributed by atoms with Gasteiger partial charge in [0.25, 0.3) is 0 Å². The van der Waals surface area contributed by atoms with Crippen molar-refractivity contribution in [2.75, 3.05) is 0 Å². The van der Waals surface area contributed by atoms with Crippen LogP contribution in [0.25, 0.3) is 66.1 Å². The summed E-state index contributed by atoms with van der Waals surface area (Å²) in [4.78, 5) is 2.43. The molecule has 0 fully saturated rings. The standard InChI is InChI=1S/C44H34S2/c1-43(2)35-23-31(29-15-13-25-9-5-7-11-27(25)21-29)17-19-33(35)37-39(43)42(46)40-38(41(37)45)34-20-18-32(24-36(34)44(40,3)4)30-16-14-26-10-6-8-12-28(26)22-30/h5-24,45-46H,1-4H3/p+2. The molecule has 0 bridgehead atoms. The van der Waals surface area contributed by atoms with Crippen LogP contribution < -0.4 is 0 Å². The van der Waals surface area contributed by atoms with Crippen LogP contribution in [0, 0.1) is 0 Å². The van der Waals surface area contributed by atoms with Gasteiger partial charge < -0.3 is 0 Å². The van der Waals surface area contributed by atoms with Gasteiger partial charge in [-0.3, -0.25) is 0 Å². The van der Waals surface area contributed by atoms with E-state index in [1.165, 1.54) is 98.1 Å². The summed E-state index contributed by atoms with van der Waals surface area (Å²) in [5.74, 6) is 0. The van der Waals surface area contributed by atoms with Crippen molar-refractivity contribution in [3.05, 3.63) is 144 Å². The monoisotopic (exact) mass is 628 g/mol. The number of hydrogen-bond acceptors (Lipinski definition) is 0. The molecule has 0 radical (unpaired) electrons. The largest absolute Gasteiger partial charge is 0.166 e. The van der Waals surface area contributed by atoms with E-state index in [9.17, 15) is 0 Å². The summed E-state index contributed by atoms with van der Waals surface area (Å²) in [7, 11) is 0. The molecule has 0 aliphatic heterocycles. The van der Waals surface area contributed by atoms with Gasteiger partial charge in [-0.15, -0.1) is 0 Å². The summed E-state index contributed by atoms with van der Waals surface area (Å²) in [5, 5.41) is 5.09. The molecule has 0 unspecified atom stereocenters. The van der Waals surface area contributed by atoms with E-state index >= 15 is 0 Å². The molecular weight excluding hydrogens is 593 g/mol. The van der Waals surface area contributed by atoms with Crippen LogP contribution in [0.3, 0.4) is 0 Å². The van der Waals surface area contributed by atoms with Crippen molar-refractivity contribution in [3.63, 3.8) is 0 Å². The van der Waals surface area contributed by atoms with Crippen LogP contribution in [0.4, 0.5) is 0 Å². The smallest absolute Gasteiger partial charge is 0.0616 e. The molecule has 7 aromatic carbocycles. The van der Waals surface area contributed by atoms with E-state index in [4.69, 9.17) is 0 Å². The molecule has 2 aliphatic carbocycles. The Hall–Kier alpha value is -4.24. The fourth-order valence-corrected chi connectivity index (χ4v) is 9.86. The zero-order valence-corrected chi connectivity index (χ0v) is 28.5. The average molecular weight is 629 g/mol. The van der Waals surface area contributed by atoms with Crippen LogP contribution in [-0.2, 0) is 36.1 Å². The summed E-state index contributed by atoms with van der Waals surface area (Å²) in [6.45, 7) is 9.54. The van der Waals surface area contributed by atoms with Gasteiger partial charge in [-0.25, -0.2) is 0 Å². The van der Waals surface area contributed by atoms with Crippen LogP contribution in [0.5, 0.6) is 0 Å². The van der Waals surface area contributed by atoms with Crippen molar-refractivity contribution in [1.29, 1.82) is 0 Å². The van der Waals surface area contributed by atoms with Crippen LogP contribution in [0.2, 0.25) is 0 Å². The molecule has 0 atom stereocenters. The molecule has 0 spiro atoms. The van der Waals surface area contributed by atoms with E-state index in [0.717, 1.165) is 0 Å². The predicted octanol–water partition coefficient (Wildman–Crippen LogP) is 10.7. The normalized spacial score (nSPS) is 15.1. The lowest BCUT2D eigenvalue weighted by Crippen LogP contribution is -2.21. The fraction of sp³-hybridized carbons (Fsp3) is 0.136. The molecule has 0 saturated carbocycles. The summed E-state index contributed by atoms with van der Waals surface area (Å²) in [6, 6.07) is 45.0. The number of hydrogen-bond donors (Lipinski definition) is 0. The van der Waals surface area contributed by atoms with Gasteiger partial charge in [0.1, 0.15) is 0 Å². The summed E-state index contributed by atoms with van der Waals surface area (Å²) >= 11 is 8.60. The van der Waals surface area contributed by atoms with Gasteiger partial charge in [0.05, 0.1) is 0 Å². The van der Waals surface area contributed by atoms with E-state index in [-0.39, 0.29) is 10.8 Å². The van der Waals surface area contributed by atoms with E-state index in [1.54, 1.807) is 0 Å². The molecule has 0 heterocycles. The highest BCUT2D eigenvalue weighted by Crippen LogP contribution is 2.60. The Labute approximate surface area is 282 Å². The van der Waals surface area contributed by atoms with Crippen molar-refractivity contribution in [1.82, 2.24) is 0 Å². The van der Waals surface area contributed by atoms with E-state index in [0.29, 0.717) is 0 Å². The second kappa shape index (κ2) is 9.64. The second-order valence-electron chi connectivity index (χ2n) is 14.1. The Morgan fingerprint density at radius 2 is 0.761 bits per heavy atom. The molecule has 222 valence electrons. The van der Waals surface area contributed by atoms with Gasteiger partial charge in [-0.2, -0.15) is 0 Å². The summed E-state index contributed by atoms with van der Waals surface area (Å²) < 4.78 is 0. The maximum absolute atomic E-state index is 4.32. The second-order valence-corrected chi connectivity index (χ2v) is 15.1. The van der Waals surface area contributed by atoms with Gasteiger partial charge >= 0.3 is 0 Å². The number of rotatable bonds is 2. The maximum atomic E-state index is 4.32. The Balaban J connectivity index is 1.21. The van der Waals surface area contributed by atoms with E-state index in [2.05, 4.69) is 174 Å². The highest BCUT2D eigenvalue weighted by Gasteiger charge is 2.49. The Kier molecular flexibility index (Phi) is 5.87. The van der Waals surface area contributed by atoms with Crippen LogP contribution in [-0.4, -0.2) is 0 Å². The van der Waals surface area contributed by atoms with Crippen molar-refractivity contribution < 1.29 is 0 Å². The predicted molar refractivity (Wildman–Crippen MR) is 204 cm³/mol. The van der Waals surface area contributed by atoms with Gasteiger partial charge in [-0.1, -0.05) is 125 Å². The van der Waals surface area contributed by atoms with Gasteiger partial charge in [0.2, 0.25) is 0 Å². The molecule has 0 amide bonds. The molecule has 0 nitrogen and oxygen atoms in total. The van der Waals surface area contributed by atoms with E-state index < -0.39 is 0 Å². The quantitative estimate of drug-likeness (QED) is 0.167. The Morgan fingerprint density at radius 3 is 1.20 bits per heavy atom. The first kappa shape index (κ1) is 28.0. The first-order valence-electron chi connectivity index (χ1n) is 16.1. The third-order valence-corrected chi connectivity index (χ3v) is 11.8. The first-order valence-corrected chi connectivity index (χ1v) is 17.1. The maximum Gasteiger partial charge on any atom is 0.166 e. The molecule has 0 saturated heterocycles. The van der Waals surface area contributed by atoms with Gasteiger partial charge in [0.15, 0.2) is 9.79 Å². The highest BCUT2D eigenvalue weighted by molar-refractivity contribution is 7.59. The molecular formula is C44H36S2+2. The third-order valence-electron chi connectivity index (χ3n) is 10.8. The lowest BCUT2D eigenvalue weighted by molar-refractivity contribution is 0.614. The van der Waals surface area contributed by atoms with Crippen LogP contribution in [0.1, 0.15) is 49.9 Å². The average Bonchev–Trinajstić information content (AvgIpc) is 3.46. The first-order chi connectivity index (χ1) is 22.1. The van der Waals surface area contributed by atoms with Crippen molar-refractivity contribution >= 4 is 46.8 Å². The minimum Gasteiger partial charge on any atom is -0.0616 e. The lowest BCUT2D eigenvalue weighted by atomic mass is 9.77. The van der Waals surface area contributed by atoms with Gasteiger partial charge in [-0.05, 0) is 116 Å². The summed E-state index contributed by atoms with van der Waals surface area (Å²) in [5.41, 5.74) is 15.4. The molecule has 9 rings (SSSR count). The topological polar surface area (TPSA) is 0 Å². The Morgan fingerprint density at radius 1 is 0.391 bits per heavy atom. The zero-order chi connectivity index (χ0) is 31.5. The Bertz CT molecular complexity index is 2270. The molecule has 2 heteroatoms. The van der Waals surface area contributed by atoms with Crippen LogP contribution in [0.15, 0.2) is 131 Å². The number of fused-ring (bicyclic) bond motifs is 8. The summed E-state index contributed by atoms with van der Waals surface area (Å²) in [6.07, 6.45) is 0. The van der Waals surface area contributed by atoms with Crippen LogP contribution >= 0.6 is 0 Å². The molecule has 46 heavy (non-hydrogen) atoms. The molecule has 0 N–H and O–H groups in total. The van der Waals surface area contributed by atoms with Crippen molar-refractivity contribution in [3.8, 4) is 44.5 Å². The van der Waals surface area contributed by atoms with Crippen molar-refractivity contribution in [2.24, 2.45) is 0 Å². The van der Waals surface area contributed by atoms with Crippen molar-refractivity contribution in [2.45, 2.75) is 48.3 Å². The SMILES string of the molecule is CC1(C)c2cc(-c3ccc4ccccc4c3)ccc2-c2c([SH2+])c3c(c([SH2+])c21)C(C)(C)c1cc(-c2ccc4ccccc4c2)ccc1-3. The lowest BCUT2D eigenvalue weighted by Gasteiger charge is -2.26. The zero-order valence-electron chi connectivity index (χ0n) is 26.5. The highest BCUT2D eigenvalue weighted by atomic mass is 32.1. The molecule has 0 aromatic heterocycles.